The molecule has 0 N–H and O–H groups in total. The summed E-state index contributed by atoms with van der Waals surface area (Å²) in [5, 5.41) is 1.27. The maximum atomic E-state index is 11.6. The summed E-state index contributed by atoms with van der Waals surface area (Å²) in [7, 11) is 0. The second-order valence-corrected chi connectivity index (χ2v) is 3.26. The highest BCUT2D eigenvalue weighted by Gasteiger charge is 2.36. The van der Waals surface area contributed by atoms with Gasteiger partial charge in [-0.2, -0.15) is 5.06 Å². The van der Waals surface area contributed by atoms with Gasteiger partial charge in [-0.15, -0.1) is 0 Å². The molecule has 2 amide bonds. The van der Waals surface area contributed by atoms with E-state index in [2.05, 4.69) is 13.2 Å². The minimum absolute atomic E-state index is 0.00593. The van der Waals surface area contributed by atoms with Crippen LogP contribution in [0.25, 0.3) is 0 Å². The summed E-state index contributed by atoms with van der Waals surface area (Å²) in [4.78, 5) is 18.1. The van der Waals surface area contributed by atoms with Crippen molar-refractivity contribution in [1.82, 2.24) is 9.96 Å². The van der Waals surface area contributed by atoms with Crippen LogP contribution in [0.5, 0.6) is 0 Å². The summed E-state index contributed by atoms with van der Waals surface area (Å²) < 4.78 is 0. The van der Waals surface area contributed by atoms with Crippen LogP contribution < -0.4 is 0 Å². The SMILES string of the molecule is C=C(C)N1C(=C)ON(C(C)C)C1=O. The van der Waals surface area contributed by atoms with Gasteiger partial charge in [0.15, 0.2) is 0 Å². The predicted octanol–water partition coefficient (Wildman–Crippen LogP) is 2.07. The maximum Gasteiger partial charge on any atom is 0.364 e. The molecule has 13 heavy (non-hydrogen) atoms. The maximum absolute atomic E-state index is 11.6. The van der Waals surface area contributed by atoms with Crippen LogP contribution in [0.2, 0.25) is 0 Å². The fourth-order valence-electron chi connectivity index (χ4n) is 1.10. The Morgan fingerprint density at radius 1 is 1.54 bits per heavy atom. The highest BCUT2D eigenvalue weighted by Crippen LogP contribution is 2.24. The van der Waals surface area contributed by atoms with Gasteiger partial charge in [0.1, 0.15) is 0 Å². The second-order valence-electron chi connectivity index (χ2n) is 3.26. The van der Waals surface area contributed by atoms with Crippen LogP contribution in [0.15, 0.2) is 24.7 Å². The van der Waals surface area contributed by atoms with Gasteiger partial charge in [0.2, 0.25) is 5.88 Å². The lowest BCUT2D eigenvalue weighted by atomic mass is 10.4. The van der Waals surface area contributed by atoms with E-state index in [1.807, 2.05) is 13.8 Å². The summed E-state index contributed by atoms with van der Waals surface area (Å²) >= 11 is 0. The molecule has 0 aromatic heterocycles. The van der Waals surface area contributed by atoms with E-state index in [1.54, 1.807) is 6.92 Å². The molecule has 1 aliphatic heterocycles. The van der Waals surface area contributed by atoms with E-state index in [9.17, 15) is 4.79 Å². The first-order chi connectivity index (χ1) is 5.95. The molecule has 0 spiro atoms. The van der Waals surface area contributed by atoms with Gasteiger partial charge in [0, 0.05) is 5.70 Å². The first-order valence-electron chi connectivity index (χ1n) is 4.11. The summed E-state index contributed by atoms with van der Waals surface area (Å²) in [6.07, 6.45) is 0. The number of amides is 2. The minimum Gasteiger partial charge on any atom is -0.357 e. The first kappa shape index (κ1) is 9.64. The van der Waals surface area contributed by atoms with E-state index in [4.69, 9.17) is 4.84 Å². The molecular formula is C9H14N2O2. The zero-order chi connectivity index (χ0) is 10.2. The van der Waals surface area contributed by atoms with Crippen LogP contribution in [0.3, 0.4) is 0 Å². The van der Waals surface area contributed by atoms with E-state index in [0.29, 0.717) is 11.6 Å². The van der Waals surface area contributed by atoms with Crippen molar-refractivity contribution in [2.45, 2.75) is 26.8 Å². The lowest BCUT2D eigenvalue weighted by Crippen LogP contribution is -2.34. The van der Waals surface area contributed by atoms with Crippen LogP contribution in [0, 0.1) is 0 Å². The highest BCUT2D eigenvalue weighted by atomic mass is 16.7. The Labute approximate surface area is 78.0 Å². The van der Waals surface area contributed by atoms with Crippen molar-refractivity contribution in [2.75, 3.05) is 0 Å². The molecular weight excluding hydrogens is 168 g/mol. The normalized spacial score (nSPS) is 16.9. The Morgan fingerprint density at radius 3 is 2.31 bits per heavy atom. The summed E-state index contributed by atoms with van der Waals surface area (Å²) in [5.74, 6) is 0.311. The molecule has 0 aromatic carbocycles. The number of carbonyl (C=O) groups is 1. The van der Waals surface area contributed by atoms with Gasteiger partial charge in [-0.05, 0) is 27.4 Å². The largest absolute Gasteiger partial charge is 0.364 e. The molecule has 1 heterocycles. The summed E-state index contributed by atoms with van der Waals surface area (Å²) in [5.41, 5.74) is 0.609. The molecule has 4 nitrogen and oxygen atoms in total. The molecule has 0 radical (unpaired) electrons. The Kier molecular flexibility index (Phi) is 2.32. The number of rotatable bonds is 2. The third kappa shape index (κ3) is 1.52. The fourth-order valence-corrected chi connectivity index (χ4v) is 1.10. The molecule has 0 bridgehead atoms. The van der Waals surface area contributed by atoms with Crippen molar-refractivity contribution in [2.24, 2.45) is 0 Å². The predicted molar refractivity (Wildman–Crippen MR) is 49.2 cm³/mol. The third-order valence-corrected chi connectivity index (χ3v) is 1.68. The molecule has 0 aliphatic carbocycles. The Balaban J connectivity index is 2.88. The zero-order valence-corrected chi connectivity index (χ0v) is 8.20. The van der Waals surface area contributed by atoms with Crippen molar-refractivity contribution in [3.8, 4) is 0 Å². The lowest BCUT2D eigenvalue weighted by Gasteiger charge is -2.16. The number of urea groups is 1. The lowest BCUT2D eigenvalue weighted by molar-refractivity contribution is -0.0693. The third-order valence-electron chi connectivity index (χ3n) is 1.68. The number of nitrogens with zero attached hydrogens (tertiary/aromatic N) is 2. The zero-order valence-electron chi connectivity index (χ0n) is 8.20. The van der Waals surface area contributed by atoms with E-state index < -0.39 is 0 Å². The van der Waals surface area contributed by atoms with Crippen LogP contribution in [0.1, 0.15) is 20.8 Å². The summed E-state index contributed by atoms with van der Waals surface area (Å²) in [6, 6.07) is -0.235. The minimum atomic E-state index is -0.229. The van der Waals surface area contributed by atoms with E-state index >= 15 is 0 Å². The van der Waals surface area contributed by atoms with Crippen molar-refractivity contribution >= 4 is 6.03 Å². The van der Waals surface area contributed by atoms with Gasteiger partial charge in [-0.1, -0.05) is 6.58 Å². The van der Waals surface area contributed by atoms with Crippen molar-refractivity contribution in [1.29, 1.82) is 0 Å². The Bertz CT molecular complexity index is 271. The molecule has 72 valence electrons. The molecule has 4 heteroatoms. The number of hydrogen-bond donors (Lipinski definition) is 0. The van der Waals surface area contributed by atoms with Gasteiger partial charge in [-0.25, -0.2) is 9.69 Å². The molecule has 0 atom stereocenters. The summed E-state index contributed by atoms with van der Waals surface area (Å²) in [6.45, 7) is 12.8. The Morgan fingerprint density at radius 2 is 2.08 bits per heavy atom. The number of carbonyl (C=O) groups excluding carboxylic acids is 1. The molecule has 0 unspecified atom stereocenters. The molecule has 1 aliphatic rings. The van der Waals surface area contributed by atoms with Crippen LogP contribution in [-0.4, -0.2) is 22.0 Å². The number of hydrogen-bond acceptors (Lipinski definition) is 2. The van der Waals surface area contributed by atoms with Crippen molar-refractivity contribution < 1.29 is 9.63 Å². The first-order valence-corrected chi connectivity index (χ1v) is 4.11. The molecule has 1 fully saturated rings. The monoisotopic (exact) mass is 182 g/mol. The van der Waals surface area contributed by atoms with Gasteiger partial charge in [0.05, 0.1) is 6.04 Å². The van der Waals surface area contributed by atoms with Crippen molar-refractivity contribution in [3.05, 3.63) is 24.7 Å². The quantitative estimate of drug-likeness (QED) is 0.655. The van der Waals surface area contributed by atoms with Gasteiger partial charge < -0.3 is 4.84 Å². The smallest absolute Gasteiger partial charge is 0.357 e. The van der Waals surface area contributed by atoms with Crippen LogP contribution in [-0.2, 0) is 4.84 Å². The average Bonchev–Trinajstić information content (AvgIpc) is 2.26. The molecule has 1 saturated heterocycles. The van der Waals surface area contributed by atoms with Crippen LogP contribution in [0.4, 0.5) is 4.79 Å². The Hall–Kier alpha value is -1.45. The highest BCUT2D eigenvalue weighted by molar-refractivity contribution is 5.79. The fraction of sp³-hybridized carbons (Fsp3) is 0.444. The van der Waals surface area contributed by atoms with E-state index in [-0.39, 0.29) is 12.1 Å². The van der Waals surface area contributed by atoms with Gasteiger partial charge in [0.25, 0.3) is 0 Å². The van der Waals surface area contributed by atoms with Gasteiger partial charge >= 0.3 is 6.03 Å². The van der Waals surface area contributed by atoms with Crippen LogP contribution >= 0.6 is 0 Å². The number of allylic oxidation sites excluding steroid dienone is 1. The molecule has 0 saturated carbocycles. The van der Waals surface area contributed by atoms with E-state index in [0.717, 1.165) is 0 Å². The average molecular weight is 182 g/mol. The number of hydroxylamine groups is 2. The molecule has 0 aromatic rings. The topological polar surface area (TPSA) is 32.8 Å². The standard InChI is InChI=1S/C9H14N2O2/c1-6(2)10-8(5)13-11(7(3)4)9(10)12/h7H,1,5H2,2-4H3. The van der Waals surface area contributed by atoms with Gasteiger partial charge in [-0.3, -0.25) is 0 Å². The van der Waals surface area contributed by atoms with E-state index in [1.165, 1.54) is 9.96 Å². The second kappa shape index (κ2) is 3.12. The molecule has 1 rings (SSSR count). The van der Waals surface area contributed by atoms with Crippen molar-refractivity contribution in [3.63, 3.8) is 0 Å².